The highest BCUT2D eigenvalue weighted by Gasteiger charge is 2.31. The van der Waals surface area contributed by atoms with Crippen LogP contribution in [0.3, 0.4) is 0 Å². The quantitative estimate of drug-likeness (QED) is 0.311. The lowest BCUT2D eigenvalue weighted by molar-refractivity contribution is -0.137. The summed E-state index contributed by atoms with van der Waals surface area (Å²) >= 11 is 0. The Morgan fingerprint density at radius 1 is 0.975 bits per heavy atom. The monoisotopic (exact) mass is 553 g/mol. The van der Waals surface area contributed by atoms with Crippen LogP contribution in [0.15, 0.2) is 72.9 Å². The van der Waals surface area contributed by atoms with E-state index in [4.69, 9.17) is 4.74 Å². The van der Waals surface area contributed by atoms with Crippen molar-refractivity contribution in [3.8, 4) is 0 Å². The lowest BCUT2D eigenvalue weighted by Gasteiger charge is -2.23. The van der Waals surface area contributed by atoms with Gasteiger partial charge in [-0.2, -0.15) is 13.2 Å². The minimum Gasteiger partial charge on any atom is -0.444 e. The number of ether oxygens (including phenoxy) is 1. The van der Waals surface area contributed by atoms with Gasteiger partial charge in [-0.15, -0.1) is 0 Å². The SMILES string of the molecule is CC(C)(C)OC(=O)NC(Cc1cccc(C(F)(F)F)c1)C(=O)NCc1nc2cccnc2n1Cc1ccccc1. The molecule has 8 nitrogen and oxygen atoms in total. The van der Waals surface area contributed by atoms with Gasteiger partial charge in [0.2, 0.25) is 5.91 Å². The fourth-order valence-electron chi connectivity index (χ4n) is 4.13. The molecule has 0 fully saturated rings. The molecule has 0 saturated carbocycles. The summed E-state index contributed by atoms with van der Waals surface area (Å²) in [6.07, 6.45) is -3.93. The van der Waals surface area contributed by atoms with Gasteiger partial charge in [0.15, 0.2) is 5.65 Å². The normalized spacial score (nSPS) is 12.7. The zero-order valence-electron chi connectivity index (χ0n) is 22.3. The van der Waals surface area contributed by atoms with E-state index in [0.29, 0.717) is 23.5 Å². The summed E-state index contributed by atoms with van der Waals surface area (Å²) in [5.41, 5.74) is 0.846. The zero-order valence-corrected chi connectivity index (χ0v) is 22.3. The highest BCUT2D eigenvalue weighted by molar-refractivity contribution is 5.86. The molecule has 11 heteroatoms. The average molecular weight is 554 g/mol. The van der Waals surface area contributed by atoms with Crippen LogP contribution in [-0.2, 0) is 35.2 Å². The second kappa shape index (κ2) is 11.8. The molecular formula is C29H30F3N5O3. The van der Waals surface area contributed by atoms with Crippen LogP contribution in [0.5, 0.6) is 0 Å². The number of benzene rings is 2. The Hall–Kier alpha value is -4.41. The van der Waals surface area contributed by atoms with Crippen molar-refractivity contribution in [1.82, 2.24) is 25.2 Å². The van der Waals surface area contributed by atoms with E-state index in [1.807, 2.05) is 41.0 Å². The number of carbonyl (C=O) groups excluding carboxylic acids is 2. The standard InChI is InChI=1S/C29H30F3N5O3/c1-28(2,3)40-27(39)36-23(16-20-11-7-12-21(15-20)29(30,31)32)26(38)34-17-24-35-22-13-8-14-33-25(22)37(24)18-19-9-5-4-6-10-19/h4-15,23H,16-18H2,1-3H3,(H,34,38)(H,36,39). The molecule has 2 amide bonds. The highest BCUT2D eigenvalue weighted by atomic mass is 19.4. The molecule has 0 bridgehead atoms. The highest BCUT2D eigenvalue weighted by Crippen LogP contribution is 2.29. The van der Waals surface area contributed by atoms with E-state index in [-0.39, 0.29) is 18.5 Å². The van der Waals surface area contributed by atoms with Gasteiger partial charge >= 0.3 is 12.3 Å². The summed E-state index contributed by atoms with van der Waals surface area (Å²) in [4.78, 5) is 34.9. The molecule has 2 aromatic heterocycles. The third-order valence-electron chi connectivity index (χ3n) is 5.89. The number of imidazole rings is 1. The summed E-state index contributed by atoms with van der Waals surface area (Å²) in [5, 5.41) is 5.28. The zero-order chi connectivity index (χ0) is 28.9. The Kier molecular flexibility index (Phi) is 8.41. The first-order chi connectivity index (χ1) is 18.9. The van der Waals surface area contributed by atoms with E-state index in [0.717, 1.165) is 17.7 Å². The van der Waals surface area contributed by atoms with Crippen molar-refractivity contribution in [3.05, 3.63) is 95.4 Å². The Bertz CT molecular complexity index is 1480. The number of hydrogen-bond acceptors (Lipinski definition) is 5. The van der Waals surface area contributed by atoms with E-state index in [1.165, 1.54) is 12.1 Å². The van der Waals surface area contributed by atoms with Crippen LogP contribution >= 0.6 is 0 Å². The molecule has 1 atom stereocenters. The topological polar surface area (TPSA) is 98.1 Å². The maximum atomic E-state index is 13.3. The molecule has 40 heavy (non-hydrogen) atoms. The number of alkyl carbamates (subject to hydrolysis) is 1. The number of halogens is 3. The van der Waals surface area contributed by atoms with Crippen LogP contribution in [-0.4, -0.2) is 38.2 Å². The second-order valence-corrected chi connectivity index (χ2v) is 10.3. The van der Waals surface area contributed by atoms with Crippen molar-refractivity contribution in [2.45, 2.75) is 58.1 Å². The summed E-state index contributed by atoms with van der Waals surface area (Å²) in [5.74, 6) is -0.0736. The molecule has 210 valence electrons. The lowest BCUT2D eigenvalue weighted by atomic mass is 10.0. The van der Waals surface area contributed by atoms with E-state index in [9.17, 15) is 22.8 Å². The third-order valence-corrected chi connectivity index (χ3v) is 5.89. The number of nitrogens with one attached hydrogen (secondary N) is 2. The van der Waals surface area contributed by atoms with E-state index < -0.39 is 35.4 Å². The molecule has 4 rings (SSSR count). The largest absolute Gasteiger partial charge is 0.444 e. The third kappa shape index (κ3) is 7.58. The Morgan fingerprint density at radius 3 is 2.40 bits per heavy atom. The van der Waals surface area contributed by atoms with Gasteiger partial charge in [0.1, 0.15) is 23.0 Å². The number of amides is 2. The fraction of sp³-hybridized carbons (Fsp3) is 0.310. The van der Waals surface area contributed by atoms with Gasteiger partial charge < -0.3 is 19.9 Å². The maximum Gasteiger partial charge on any atom is 0.416 e. The molecule has 0 aliphatic heterocycles. The average Bonchev–Trinajstić information content (AvgIpc) is 3.23. The minimum atomic E-state index is -4.54. The van der Waals surface area contributed by atoms with Gasteiger partial charge in [-0.05, 0) is 50.1 Å². The number of hydrogen-bond donors (Lipinski definition) is 2. The Balaban J connectivity index is 1.56. The van der Waals surface area contributed by atoms with Gasteiger partial charge in [-0.25, -0.2) is 14.8 Å². The van der Waals surface area contributed by atoms with Crippen LogP contribution in [0, 0.1) is 0 Å². The fourth-order valence-corrected chi connectivity index (χ4v) is 4.13. The molecule has 2 N–H and O–H groups in total. The van der Waals surface area contributed by atoms with Crippen LogP contribution in [0.4, 0.5) is 18.0 Å². The van der Waals surface area contributed by atoms with E-state index in [1.54, 1.807) is 33.0 Å². The molecular weight excluding hydrogens is 523 g/mol. The minimum absolute atomic E-state index is 0.00286. The first-order valence-corrected chi connectivity index (χ1v) is 12.7. The number of carbonyl (C=O) groups is 2. The first-order valence-electron chi connectivity index (χ1n) is 12.7. The molecule has 0 radical (unpaired) electrons. The molecule has 0 saturated heterocycles. The van der Waals surface area contributed by atoms with Crippen molar-refractivity contribution in [3.63, 3.8) is 0 Å². The molecule has 2 heterocycles. The Labute approximate surface area is 229 Å². The number of nitrogens with zero attached hydrogens (tertiary/aromatic N) is 3. The first kappa shape index (κ1) is 28.6. The summed E-state index contributed by atoms with van der Waals surface area (Å²) in [6, 6.07) is 16.7. The summed E-state index contributed by atoms with van der Waals surface area (Å²) < 4.78 is 47.0. The molecule has 0 aliphatic carbocycles. The van der Waals surface area contributed by atoms with Crippen LogP contribution in [0.25, 0.3) is 11.2 Å². The smallest absolute Gasteiger partial charge is 0.416 e. The van der Waals surface area contributed by atoms with Crippen LogP contribution in [0.1, 0.15) is 43.3 Å². The summed E-state index contributed by atoms with van der Waals surface area (Å²) in [6.45, 7) is 5.46. The molecule has 4 aromatic rings. The maximum absolute atomic E-state index is 13.3. The second-order valence-electron chi connectivity index (χ2n) is 10.3. The van der Waals surface area contributed by atoms with Crippen molar-refractivity contribution in [2.75, 3.05) is 0 Å². The van der Waals surface area contributed by atoms with Crippen molar-refractivity contribution >= 4 is 23.2 Å². The summed E-state index contributed by atoms with van der Waals surface area (Å²) in [7, 11) is 0. The predicted molar refractivity (Wildman–Crippen MR) is 143 cm³/mol. The van der Waals surface area contributed by atoms with Crippen molar-refractivity contribution in [1.29, 1.82) is 0 Å². The number of aromatic nitrogens is 3. The van der Waals surface area contributed by atoms with Gasteiger partial charge in [-0.1, -0.05) is 48.5 Å². The number of pyridine rings is 1. The van der Waals surface area contributed by atoms with Gasteiger partial charge in [-0.3, -0.25) is 4.79 Å². The van der Waals surface area contributed by atoms with E-state index in [2.05, 4.69) is 20.6 Å². The molecule has 0 aliphatic rings. The number of rotatable bonds is 8. The number of fused-ring (bicyclic) bond motifs is 1. The van der Waals surface area contributed by atoms with Crippen molar-refractivity contribution < 1.29 is 27.5 Å². The Morgan fingerprint density at radius 2 is 1.70 bits per heavy atom. The van der Waals surface area contributed by atoms with Gasteiger partial charge in [0.05, 0.1) is 18.7 Å². The predicted octanol–water partition coefficient (Wildman–Crippen LogP) is 5.25. The molecule has 1 unspecified atom stereocenters. The molecule has 2 aromatic carbocycles. The van der Waals surface area contributed by atoms with Gasteiger partial charge in [0, 0.05) is 12.6 Å². The number of alkyl halides is 3. The van der Waals surface area contributed by atoms with E-state index >= 15 is 0 Å². The van der Waals surface area contributed by atoms with Crippen LogP contribution in [0.2, 0.25) is 0 Å². The lowest BCUT2D eigenvalue weighted by Crippen LogP contribution is -2.49. The van der Waals surface area contributed by atoms with Crippen molar-refractivity contribution in [2.24, 2.45) is 0 Å². The van der Waals surface area contributed by atoms with Gasteiger partial charge in [0.25, 0.3) is 0 Å². The van der Waals surface area contributed by atoms with Crippen LogP contribution < -0.4 is 10.6 Å². The molecule has 0 spiro atoms.